The molecule has 1 amide bonds. The summed E-state index contributed by atoms with van der Waals surface area (Å²) < 4.78 is 6.61. The van der Waals surface area contributed by atoms with Crippen molar-refractivity contribution in [1.29, 1.82) is 0 Å². The first-order chi connectivity index (χ1) is 11.6. The van der Waals surface area contributed by atoms with Crippen LogP contribution in [0, 0.1) is 13.8 Å². The van der Waals surface area contributed by atoms with Gasteiger partial charge in [-0.25, -0.2) is 4.98 Å². The van der Waals surface area contributed by atoms with Gasteiger partial charge in [0.25, 0.3) is 0 Å². The van der Waals surface area contributed by atoms with E-state index in [1.807, 2.05) is 26.0 Å². The number of nitrogens with one attached hydrogen (secondary N) is 1. The molecule has 2 heterocycles. The monoisotopic (exact) mass is 362 g/mol. The summed E-state index contributed by atoms with van der Waals surface area (Å²) in [6, 6.07) is 6.10. The van der Waals surface area contributed by atoms with E-state index in [4.69, 9.17) is 4.74 Å². The number of hydrogen-bond acceptors (Lipinski definition) is 5. The molecule has 1 unspecified atom stereocenters. The van der Waals surface area contributed by atoms with E-state index in [-0.39, 0.29) is 12.0 Å². The fourth-order valence-electron chi connectivity index (χ4n) is 2.70. The van der Waals surface area contributed by atoms with Crippen LogP contribution in [0.4, 0.5) is 5.69 Å². The lowest BCUT2D eigenvalue weighted by Gasteiger charge is -2.11. The van der Waals surface area contributed by atoms with Gasteiger partial charge in [0, 0.05) is 34.7 Å². The molecule has 1 aromatic heterocycles. The first kappa shape index (κ1) is 17.5. The molecule has 3 rings (SSSR count). The molecule has 1 aromatic carbocycles. The molecule has 2 aromatic rings. The highest BCUT2D eigenvalue weighted by atomic mass is 32.2. The Morgan fingerprint density at radius 2 is 2.33 bits per heavy atom. The van der Waals surface area contributed by atoms with Crippen LogP contribution in [-0.4, -0.2) is 23.6 Å². The highest BCUT2D eigenvalue weighted by molar-refractivity contribution is 8.01. The van der Waals surface area contributed by atoms with E-state index in [2.05, 4.69) is 21.7 Å². The molecular formula is C18H22N2O2S2. The first-order valence-electron chi connectivity index (χ1n) is 8.22. The van der Waals surface area contributed by atoms with Crippen molar-refractivity contribution < 1.29 is 9.53 Å². The zero-order chi connectivity index (χ0) is 16.9. The van der Waals surface area contributed by atoms with E-state index >= 15 is 0 Å². The number of ether oxygens (including phenoxy) is 1. The highest BCUT2D eigenvalue weighted by Crippen LogP contribution is 2.32. The minimum absolute atomic E-state index is 0.0598. The lowest BCUT2D eigenvalue weighted by molar-refractivity contribution is -0.116. The van der Waals surface area contributed by atoms with Crippen molar-refractivity contribution >= 4 is 34.7 Å². The van der Waals surface area contributed by atoms with Gasteiger partial charge in [-0.15, -0.1) is 11.3 Å². The Kier molecular flexibility index (Phi) is 5.92. The van der Waals surface area contributed by atoms with Crippen LogP contribution in [0.15, 0.2) is 32.8 Å². The number of nitrogens with zero attached hydrogens (tertiary/aromatic N) is 1. The summed E-state index contributed by atoms with van der Waals surface area (Å²) >= 11 is 3.31. The van der Waals surface area contributed by atoms with E-state index < -0.39 is 0 Å². The molecule has 4 nitrogen and oxygen atoms in total. The molecule has 0 spiro atoms. The Hall–Kier alpha value is -1.37. The van der Waals surface area contributed by atoms with E-state index in [1.54, 1.807) is 23.1 Å². The maximum atomic E-state index is 12.1. The first-order valence-corrected chi connectivity index (χ1v) is 9.92. The molecule has 1 aliphatic rings. The van der Waals surface area contributed by atoms with Crippen LogP contribution in [0.25, 0.3) is 0 Å². The van der Waals surface area contributed by atoms with Crippen molar-refractivity contribution in [3.05, 3.63) is 34.8 Å². The maximum Gasteiger partial charge on any atom is 0.224 e. The van der Waals surface area contributed by atoms with Crippen LogP contribution in [-0.2, 0) is 9.53 Å². The zero-order valence-electron chi connectivity index (χ0n) is 14.0. The molecule has 128 valence electrons. The molecule has 0 radical (unpaired) electrons. The molecule has 1 atom stereocenters. The maximum absolute atomic E-state index is 12.1. The molecule has 0 saturated carbocycles. The minimum Gasteiger partial charge on any atom is -0.378 e. The Balaban J connectivity index is 1.54. The van der Waals surface area contributed by atoms with Crippen molar-refractivity contribution in [3.63, 3.8) is 0 Å². The number of thiazole rings is 1. The number of aryl methyl sites for hydroxylation is 2. The molecule has 1 aliphatic heterocycles. The van der Waals surface area contributed by atoms with Crippen LogP contribution in [0.5, 0.6) is 0 Å². The Morgan fingerprint density at radius 1 is 1.46 bits per heavy atom. The lowest BCUT2D eigenvalue weighted by atomic mass is 10.1. The van der Waals surface area contributed by atoms with Gasteiger partial charge in [-0.3, -0.25) is 4.79 Å². The summed E-state index contributed by atoms with van der Waals surface area (Å²) in [6.07, 6.45) is 3.77. The molecule has 24 heavy (non-hydrogen) atoms. The third-order valence-corrected chi connectivity index (χ3v) is 6.04. The molecule has 6 heteroatoms. The largest absolute Gasteiger partial charge is 0.378 e. The van der Waals surface area contributed by atoms with Crippen LogP contribution in [0.2, 0.25) is 0 Å². The van der Waals surface area contributed by atoms with E-state index in [9.17, 15) is 4.79 Å². The summed E-state index contributed by atoms with van der Waals surface area (Å²) in [5.41, 5.74) is 3.00. The standard InChI is InChI=1S/C18H22N2O2S2/c1-12-10-15(24-18-19-13(2)11-23-18)6-7-16(12)20-17(21)8-5-14-4-3-9-22-14/h6-7,10-11,14H,3-5,8-9H2,1-2H3,(H,20,21). The number of carbonyl (C=O) groups is 1. The van der Waals surface area contributed by atoms with Gasteiger partial charge in [-0.05, 0) is 56.9 Å². The van der Waals surface area contributed by atoms with Crippen molar-refractivity contribution in [2.75, 3.05) is 11.9 Å². The number of anilines is 1. The van der Waals surface area contributed by atoms with Gasteiger partial charge in [-0.1, -0.05) is 11.8 Å². The second kappa shape index (κ2) is 8.14. The van der Waals surface area contributed by atoms with Crippen LogP contribution in [0.3, 0.4) is 0 Å². The fraction of sp³-hybridized carbons (Fsp3) is 0.444. The van der Waals surface area contributed by atoms with Crippen molar-refractivity contribution in [3.8, 4) is 0 Å². The number of carbonyl (C=O) groups excluding carboxylic acids is 1. The molecule has 0 aliphatic carbocycles. The molecule has 1 N–H and O–H groups in total. The number of amides is 1. The quantitative estimate of drug-likeness (QED) is 0.801. The second-order valence-corrected chi connectivity index (χ2v) is 8.23. The summed E-state index contributed by atoms with van der Waals surface area (Å²) in [5, 5.41) is 5.07. The topological polar surface area (TPSA) is 51.2 Å². The van der Waals surface area contributed by atoms with Crippen LogP contribution >= 0.6 is 23.1 Å². The molecule has 1 saturated heterocycles. The SMILES string of the molecule is Cc1csc(Sc2ccc(NC(=O)CCC3CCCO3)c(C)c2)n1. The lowest BCUT2D eigenvalue weighted by Crippen LogP contribution is -2.15. The summed E-state index contributed by atoms with van der Waals surface area (Å²) in [6.45, 7) is 4.86. The third-order valence-electron chi connectivity index (χ3n) is 3.99. The van der Waals surface area contributed by atoms with Gasteiger partial charge >= 0.3 is 0 Å². The minimum atomic E-state index is 0.0598. The average molecular weight is 363 g/mol. The van der Waals surface area contributed by atoms with Crippen LogP contribution < -0.4 is 5.32 Å². The van der Waals surface area contributed by atoms with Gasteiger partial charge in [0.05, 0.1) is 6.10 Å². The van der Waals surface area contributed by atoms with Crippen LogP contribution in [0.1, 0.15) is 36.9 Å². The van der Waals surface area contributed by atoms with Crippen molar-refractivity contribution in [2.24, 2.45) is 0 Å². The fourth-order valence-corrected chi connectivity index (χ4v) is 4.61. The van der Waals surface area contributed by atoms with Crippen molar-refractivity contribution in [1.82, 2.24) is 4.98 Å². The van der Waals surface area contributed by atoms with E-state index in [0.717, 1.165) is 52.0 Å². The predicted molar refractivity (Wildman–Crippen MR) is 99.0 cm³/mol. The van der Waals surface area contributed by atoms with Gasteiger partial charge in [-0.2, -0.15) is 0 Å². The van der Waals surface area contributed by atoms with Gasteiger partial charge in [0.15, 0.2) is 4.34 Å². The second-order valence-electron chi connectivity index (χ2n) is 6.06. The highest BCUT2D eigenvalue weighted by Gasteiger charge is 2.17. The van der Waals surface area contributed by atoms with E-state index in [0.29, 0.717) is 6.42 Å². The Morgan fingerprint density at radius 3 is 3.00 bits per heavy atom. The third kappa shape index (κ3) is 4.82. The normalized spacial score (nSPS) is 17.2. The molecule has 0 bridgehead atoms. The van der Waals surface area contributed by atoms with Crippen molar-refractivity contribution in [2.45, 2.75) is 54.9 Å². The molecule has 1 fully saturated rings. The van der Waals surface area contributed by atoms with Gasteiger partial charge < -0.3 is 10.1 Å². The van der Waals surface area contributed by atoms with E-state index in [1.165, 1.54) is 0 Å². The van der Waals surface area contributed by atoms with Gasteiger partial charge in [0.2, 0.25) is 5.91 Å². The molecular weight excluding hydrogens is 340 g/mol. The predicted octanol–water partition coefficient (Wildman–Crippen LogP) is 4.81. The average Bonchev–Trinajstić information content (AvgIpc) is 3.20. The Labute approximate surface area is 151 Å². The summed E-state index contributed by atoms with van der Waals surface area (Å²) in [5.74, 6) is 0.0598. The summed E-state index contributed by atoms with van der Waals surface area (Å²) in [7, 11) is 0. The number of aromatic nitrogens is 1. The smallest absolute Gasteiger partial charge is 0.224 e. The Bertz CT molecular complexity index is 709. The number of benzene rings is 1. The number of rotatable bonds is 6. The zero-order valence-corrected chi connectivity index (χ0v) is 15.6. The summed E-state index contributed by atoms with van der Waals surface area (Å²) in [4.78, 5) is 17.7. The number of hydrogen-bond donors (Lipinski definition) is 1. The van der Waals surface area contributed by atoms with Gasteiger partial charge in [0.1, 0.15) is 0 Å².